The van der Waals surface area contributed by atoms with Crippen LogP contribution in [0.25, 0.3) is 0 Å². The Morgan fingerprint density at radius 1 is 0.528 bits per heavy atom. The molecule has 8 aliphatic rings. The summed E-state index contributed by atoms with van der Waals surface area (Å²) in [6.45, 7) is 4.42. The minimum Gasteiger partial charge on any atom is -0.452 e. The molecule has 3 aromatic carbocycles. The van der Waals surface area contributed by atoms with Crippen LogP contribution in [0.1, 0.15) is 90.9 Å². The van der Waals surface area contributed by atoms with Crippen LogP contribution in [-0.4, -0.2) is 25.5 Å². The van der Waals surface area contributed by atoms with Gasteiger partial charge in [0.2, 0.25) is 23.4 Å². The van der Waals surface area contributed by atoms with Crippen molar-refractivity contribution in [2.24, 2.45) is 58.2 Å². The van der Waals surface area contributed by atoms with Crippen LogP contribution in [0, 0.1) is 58.2 Å². The SMILES string of the molecule is CC1(CC(=O)OCOc2ccccc2[S+](c2ccccc2)c2ccccc2OCOC(=O)CC2(C)C3CC4CC(C3)CC2C4)C2CC3CC(C2)CC1C3. The van der Waals surface area contributed by atoms with Crippen LogP contribution < -0.4 is 9.47 Å². The van der Waals surface area contributed by atoms with Gasteiger partial charge in [-0.05, 0) is 159 Å². The van der Waals surface area contributed by atoms with Gasteiger partial charge >= 0.3 is 11.9 Å². The van der Waals surface area contributed by atoms with E-state index in [0.717, 1.165) is 38.4 Å². The van der Waals surface area contributed by atoms with E-state index in [1.807, 2.05) is 54.6 Å². The van der Waals surface area contributed by atoms with Crippen LogP contribution in [-0.2, 0) is 30.0 Å². The molecule has 53 heavy (non-hydrogen) atoms. The predicted molar refractivity (Wildman–Crippen MR) is 204 cm³/mol. The second kappa shape index (κ2) is 14.3. The maximum absolute atomic E-state index is 13.3. The Morgan fingerprint density at radius 2 is 0.887 bits per heavy atom. The molecule has 0 unspecified atom stereocenters. The Kier molecular flexibility index (Phi) is 9.53. The van der Waals surface area contributed by atoms with Crippen molar-refractivity contribution in [1.82, 2.24) is 0 Å². The Balaban J connectivity index is 0.873. The smallest absolute Gasteiger partial charge is 0.309 e. The van der Waals surface area contributed by atoms with E-state index in [9.17, 15) is 9.59 Å². The first kappa shape index (κ1) is 35.3. The summed E-state index contributed by atoms with van der Waals surface area (Å²) in [5, 5.41) is 0. The predicted octanol–water partition coefficient (Wildman–Crippen LogP) is 10.2. The van der Waals surface area contributed by atoms with E-state index >= 15 is 0 Å². The molecule has 0 heterocycles. The molecule has 0 radical (unpaired) electrons. The van der Waals surface area contributed by atoms with Crippen molar-refractivity contribution in [3.05, 3.63) is 78.9 Å². The van der Waals surface area contributed by atoms with Crippen LogP contribution in [0.15, 0.2) is 93.5 Å². The summed E-state index contributed by atoms with van der Waals surface area (Å²) in [4.78, 5) is 29.7. The average Bonchev–Trinajstić information content (AvgIpc) is 3.14. The van der Waals surface area contributed by atoms with E-state index < -0.39 is 10.9 Å². The van der Waals surface area contributed by atoms with Gasteiger partial charge < -0.3 is 18.9 Å². The standard InChI is InChI=1S/C46H55O6S/c1-45(34-18-30-16-31(20-34)21-35(45)19-30)26-43(47)51-28-49-39-12-6-8-14-41(39)53(38-10-4-3-5-11-38)42-15-9-7-13-40(42)50-29-52-44(48)27-46(2)36-22-32-17-33(24-36)25-37(46)23-32/h3-15,30-37H,16-29H2,1-2H3/q+1. The topological polar surface area (TPSA) is 71.1 Å². The van der Waals surface area contributed by atoms with E-state index in [-0.39, 0.29) is 36.4 Å². The molecule has 7 heteroatoms. The van der Waals surface area contributed by atoms with Crippen LogP contribution in [0.4, 0.5) is 0 Å². The third-order valence-corrected chi connectivity index (χ3v) is 17.3. The highest BCUT2D eigenvalue weighted by Crippen LogP contribution is 2.64. The van der Waals surface area contributed by atoms with Crippen LogP contribution in [0.5, 0.6) is 11.5 Å². The van der Waals surface area contributed by atoms with Crippen LogP contribution in [0.2, 0.25) is 0 Å². The van der Waals surface area contributed by atoms with Gasteiger partial charge in [-0.2, -0.15) is 0 Å². The molecule has 0 aromatic heterocycles. The number of carbonyl (C=O) groups excluding carboxylic acids is 2. The Morgan fingerprint density at radius 3 is 1.28 bits per heavy atom. The number of benzene rings is 3. The zero-order valence-corrected chi connectivity index (χ0v) is 32.2. The first-order valence-electron chi connectivity index (χ1n) is 20.3. The number of esters is 2. The van der Waals surface area contributed by atoms with Crippen LogP contribution in [0.3, 0.4) is 0 Å². The van der Waals surface area contributed by atoms with Crippen molar-refractivity contribution in [3.63, 3.8) is 0 Å². The first-order chi connectivity index (χ1) is 25.7. The van der Waals surface area contributed by atoms with Gasteiger partial charge in [-0.3, -0.25) is 9.59 Å². The molecule has 11 rings (SSSR count). The van der Waals surface area contributed by atoms with Gasteiger partial charge in [0.05, 0.1) is 12.8 Å². The van der Waals surface area contributed by atoms with E-state index in [2.05, 4.69) is 38.1 Å². The third-order valence-electron chi connectivity index (χ3n) is 15.0. The number of ether oxygens (including phenoxy) is 4. The lowest BCUT2D eigenvalue weighted by Crippen LogP contribution is -2.52. The molecule has 8 bridgehead atoms. The normalized spacial score (nSPS) is 35.1. The summed E-state index contributed by atoms with van der Waals surface area (Å²) in [6, 6.07) is 26.3. The van der Waals surface area contributed by atoms with Crippen molar-refractivity contribution in [2.75, 3.05) is 13.6 Å². The molecule has 0 N–H and O–H groups in total. The maximum atomic E-state index is 13.3. The molecule has 0 aliphatic heterocycles. The fourth-order valence-corrected chi connectivity index (χ4v) is 14.8. The zero-order chi connectivity index (χ0) is 36.2. The van der Waals surface area contributed by atoms with Gasteiger partial charge in [-0.15, -0.1) is 0 Å². The van der Waals surface area contributed by atoms with Gasteiger partial charge in [0.25, 0.3) is 0 Å². The third kappa shape index (κ3) is 6.78. The monoisotopic (exact) mass is 735 g/mol. The van der Waals surface area contributed by atoms with Crippen LogP contribution >= 0.6 is 0 Å². The zero-order valence-electron chi connectivity index (χ0n) is 31.4. The first-order valence-corrected chi connectivity index (χ1v) is 21.5. The van der Waals surface area contributed by atoms with Crippen molar-refractivity contribution >= 4 is 22.8 Å². The van der Waals surface area contributed by atoms with Gasteiger partial charge in [-0.1, -0.05) is 56.3 Å². The lowest BCUT2D eigenvalue weighted by Gasteiger charge is -2.60. The number of carbonyl (C=O) groups is 2. The fourth-order valence-electron chi connectivity index (χ4n) is 12.5. The van der Waals surface area contributed by atoms with Gasteiger partial charge in [0.15, 0.2) is 16.4 Å². The molecule has 6 nitrogen and oxygen atoms in total. The lowest BCUT2D eigenvalue weighted by molar-refractivity contribution is -0.164. The Bertz CT molecular complexity index is 1640. The quantitative estimate of drug-likeness (QED) is 0.0989. The van der Waals surface area contributed by atoms with E-state index in [0.29, 0.717) is 48.0 Å². The van der Waals surface area contributed by atoms with E-state index in [1.165, 1.54) is 64.2 Å². The summed E-state index contributed by atoms with van der Waals surface area (Å²) in [5.74, 6) is 7.01. The van der Waals surface area contributed by atoms with E-state index in [1.54, 1.807) is 0 Å². The van der Waals surface area contributed by atoms with Gasteiger partial charge in [0.1, 0.15) is 10.9 Å². The Labute approximate surface area is 318 Å². The summed E-state index contributed by atoms with van der Waals surface area (Å²) in [5.41, 5.74) is 0.0701. The molecule has 8 saturated carbocycles. The van der Waals surface area contributed by atoms with Gasteiger partial charge in [0, 0.05) is 0 Å². The second-order valence-corrected chi connectivity index (χ2v) is 20.0. The summed E-state index contributed by atoms with van der Waals surface area (Å²) in [6.07, 6.45) is 13.9. The number of rotatable bonds is 13. The van der Waals surface area contributed by atoms with Crippen molar-refractivity contribution in [1.29, 1.82) is 0 Å². The fraction of sp³-hybridized carbons (Fsp3) is 0.565. The summed E-state index contributed by atoms with van der Waals surface area (Å²) in [7, 11) is -0.627. The molecular formula is C46H55O6S+. The van der Waals surface area contributed by atoms with Crippen molar-refractivity contribution < 1.29 is 28.5 Å². The minimum atomic E-state index is -0.627. The van der Waals surface area contributed by atoms with Crippen molar-refractivity contribution in [2.45, 2.75) is 106 Å². The molecule has 8 fully saturated rings. The summed E-state index contributed by atoms with van der Waals surface area (Å²) >= 11 is 0. The molecular weight excluding hydrogens is 681 g/mol. The number of para-hydroxylation sites is 2. The molecule has 0 saturated heterocycles. The molecule has 8 aliphatic carbocycles. The largest absolute Gasteiger partial charge is 0.452 e. The molecule has 0 atom stereocenters. The highest BCUT2D eigenvalue weighted by molar-refractivity contribution is 7.97. The Hall–Kier alpha value is -3.45. The maximum Gasteiger partial charge on any atom is 0.309 e. The van der Waals surface area contributed by atoms with Gasteiger partial charge in [-0.25, -0.2) is 0 Å². The summed E-state index contributed by atoms with van der Waals surface area (Å²) < 4.78 is 24.2. The second-order valence-electron chi connectivity index (χ2n) is 18.0. The molecule has 280 valence electrons. The lowest BCUT2D eigenvalue weighted by atomic mass is 9.45. The minimum absolute atomic E-state index is 0.0351. The molecule has 0 amide bonds. The average molecular weight is 736 g/mol. The number of hydrogen-bond acceptors (Lipinski definition) is 6. The highest BCUT2D eigenvalue weighted by atomic mass is 32.2. The molecule has 0 spiro atoms. The van der Waals surface area contributed by atoms with E-state index in [4.69, 9.17) is 18.9 Å². The number of hydrogen-bond donors (Lipinski definition) is 0. The molecule has 3 aromatic rings. The highest BCUT2D eigenvalue weighted by Gasteiger charge is 2.56. The van der Waals surface area contributed by atoms with Crippen molar-refractivity contribution in [3.8, 4) is 11.5 Å².